The molecule has 20 heavy (non-hydrogen) atoms. The van der Waals surface area contributed by atoms with E-state index in [2.05, 4.69) is 49.0 Å². The number of likely N-dealkylation sites (tertiary alicyclic amines) is 2. The van der Waals surface area contributed by atoms with Crippen LogP contribution in [-0.2, 0) is 11.3 Å². The molecule has 3 rings (SSSR count). The van der Waals surface area contributed by atoms with Crippen molar-refractivity contribution < 1.29 is 4.79 Å². The van der Waals surface area contributed by atoms with Gasteiger partial charge < -0.3 is 9.80 Å². The molecule has 0 N–H and O–H groups in total. The van der Waals surface area contributed by atoms with E-state index < -0.39 is 0 Å². The van der Waals surface area contributed by atoms with Crippen molar-refractivity contribution in [1.82, 2.24) is 9.80 Å². The minimum Gasteiger partial charge on any atom is -0.338 e. The highest BCUT2D eigenvalue weighted by molar-refractivity contribution is 6.32. The van der Waals surface area contributed by atoms with E-state index >= 15 is 0 Å². The Kier molecular flexibility index (Phi) is 3.59. The maximum Gasteiger partial charge on any atom is 0.229 e. The van der Waals surface area contributed by atoms with Crippen molar-refractivity contribution >= 4 is 19.2 Å². The van der Waals surface area contributed by atoms with Crippen molar-refractivity contribution in [2.24, 2.45) is 5.41 Å². The Hall–Kier alpha value is -1.29. The lowest BCUT2D eigenvalue weighted by atomic mass is 9.77. The first-order valence-corrected chi connectivity index (χ1v) is 7.63. The summed E-state index contributed by atoms with van der Waals surface area (Å²) in [7, 11) is 4.24. The van der Waals surface area contributed by atoms with Gasteiger partial charge in [0.25, 0.3) is 0 Å². The Morgan fingerprint density at radius 2 is 1.70 bits per heavy atom. The monoisotopic (exact) mass is 270 g/mol. The lowest BCUT2D eigenvalue weighted by Gasteiger charge is -2.36. The maximum absolute atomic E-state index is 12.8. The highest BCUT2D eigenvalue weighted by Crippen LogP contribution is 2.41. The van der Waals surface area contributed by atoms with Gasteiger partial charge in [-0.1, -0.05) is 29.7 Å². The molecule has 0 bridgehead atoms. The number of piperidine rings is 1. The molecule has 1 amide bonds. The van der Waals surface area contributed by atoms with Crippen molar-refractivity contribution in [3.8, 4) is 0 Å². The van der Waals surface area contributed by atoms with Gasteiger partial charge in [-0.15, -0.1) is 0 Å². The maximum atomic E-state index is 12.8. The average Bonchev–Trinajstić information content (AvgIpc) is 2.74. The van der Waals surface area contributed by atoms with Crippen LogP contribution in [0.15, 0.2) is 24.3 Å². The summed E-state index contributed by atoms with van der Waals surface area (Å²) in [5.41, 5.74) is 2.47. The van der Waals surface area contributed by atoms with E-state index in [0.29, 0.717) is 5.91 Å². The molecule has 0 aromatic heterocycles. The van der Waals surface area contributed by atoms with E-state index in [1.54, 1.807) is 0 Å². The van der Waals surface area contributed by atoms with Crippen LogP contribution in [0.25, 0.3) is 0 Å². The quantitative estimate of drug-likeness (QED) is 0.726. The summed E-state index contributed by atoms with van der Waals surface area (Å²) in [6.07, 6.45) is 3.12. The predicted molar refractivity (Wildman–Crippen MR) is 83.8 cm³/mol. The molecule has 0 aliphatic carbocycles. The van der Waals surface area contributed by atoms with Crippen molar-refractivity contribution in [3.05, 3.63) is 29.8 Å². The van der Waals surface area contributed by atoms with Crippen LogP contribution in [0.2, 0.25) is 0 Å². The normalized spacial score (nSPS) is 22.6. The summed E-state index contributed by atoms with van der Waals surface area (Å²) in [5, 5.41) is 0. The van der Waals surface area contributed by atoms with Crippen molar-refractivity contribution in [2.45, 2.75) is 25.8 Å². The van der Waals surface area contributed by atoms with Gasteiger partial charge in [-0.3, -0.25) is 4.79 Å². The number of carbonyl (C=O) groups is 1. The summed E-state index contributed by atoms with van der Waals surface area (Å²) in [5.74, 6) is 0.395. The van der Waals surface area contributed by atoms with Crippen LogP contribution in [0.4, 0.5) is 0 Å². The zero-order chi connectivity index (χ0) is 14.2. The van der Waals surface area contributed by atoms with Crippen LogP contribution >= 0.6 is 0 Å². The Morgan fingerprint density at radius 1 is 1.10 bits per heavy atom. The standard InChI is InChI=1S/C16H23BN2O/c1-18-9-6-16(7-10-18)8-11-19(15(16)20)12-13-2-4-14(17)5-3-13/h2-5H,6-12,17H2,1H3. The van der Waals surface area contributed by atoms with Crippen LogP contribution in [0.5, 0.6) is 0 Å². The minimum absolute atomic E-state index is 0.0444. The van der Waals surface area contributed by atoms with Crippen LogP contribution in [0.3, 0.4) is 0 Å². The molecule has 2 aliphatic heterocycles. The second-order valence-corrected chi connectivity index (χ2v) is 6.55. The van der Waals surface area contributed by atoms with Gasteiger partial charge in [0.15, 0.2) is 0 Å². The van der Waals surface area contributed by atoms with Gasteiger partial charge in [0.2, 0.25) is 5.91 Å². The third kappa shape index (κ3) is 2.49. The second kappa shape index (κ2) is 5.25. The van der Waals surface area contributed by atoms with Gasteiger partial charge >= 0.3 is 0 Å². The van der Waals surface area contributed by atoms with E-state index in [-0.39, 0.29) is 5.41 Å². The summed E-state index contributed by atoms with van der Waals surface area (Å²) in [6.45, 7) is 3.82. The van der Waals surface area contributed by atoms with Gasteiger partial charge in [0, 0.05) is 13.1 Å². The molecule has 1 aromatic carbocycles. The fourth-order valence-corrected chi connectivity index (χ4v) is 3.47. The van der Waals surface area contributed by atoms with Gasteiger partial charge in [-0.25, -0.2) is 0 Å². The van der Waals surface area contributed by atoms with Crippen LogP contribution in [0.1, 0.15) is 24.8 Å². The molecule has 0 atom stereocenters. The molecule has 4 heteroatoms. The number of rotatable bonds is 2. The molecule has 106 valence electrons. The first-order valence-electron chi connectivity index (χ1n) is 7.63. The fraction of sp³-hybridized carbons (Fsp3) is 0.562. The van der Waals surface area contributed by atoms with Crippen LogP contribution in [-0.4, -0.2) is 50.2 Å². The van der Waals surface area contributed by atoms with Gasteiger partial charge in [0.05, 0.1) is 5.41 Å². The number of carbonyl (C=O) groups excluding carboxylic acids is 1. The Bertz CT molecular complexity index is 492. The van der Waals surface area contributed by atoms with Crippen molar-refractivity contribution in [2.75, 3.05) is 26.7 Å². The molecule has 2 aliphatic rings. The minimum atomic E-state index is -0.0444. The first-order chi connectivity index (χ1) is 9.59. The molecule has 0 unspecified atom stereocenters. The molecule has 1 spiro atoms. The van der Waals surface area contributed by atoms with E-state index in [1.165, 1.54) is 11.0 Å². The molecule has 3 nitrogen and oxygen atoms in total. The van der Waals surface area contributed by atoms with Gasteiger partial charge in [-0.05, 0) is 45.0 Å². The Morgan fingerprint density at radius 3 is 2.35 bits per heavy atom. The lowest BCUT2D eigenvalue weighted by molar-refractivity contribution is -0.138. The zero-order valence-electron chi connectivity index (χ0n) is 12.6. The number of hydrogen-bond donors (Lipinski definition) is 0. The number of hydrogen-bond acceptors (Lipinski definition) is 2. The molecular weight excluding hydrogens is 247 g/mol. The average molecular weight is 270 g/mol. The van der Waals surface area contributed by atoms with E-state index in [4.69, 9.17) is 0 Å². The van der Waals surface area contributed by atoms with Gasteiger partial charge in [-0.2, -0.15) is 0 Å². The summed E-state index contributed by atoms with van der Waals surface area (Å²) in [6, 6.07) is 8.53. The SMILES string of the molecule is Bc1ccc(CN2CCC3(CCN(C)CC3)C2=O)cc1. The number of amides is 1. The molecule has 0 saturated carbocycles. The topological polar surface area (TPSA) is 23.6 Å². The second-order valence-electron chi connectivity index (χ2n) is 6.55. The molecule has 0 radical (unpaired) electrons. The smallest absolute Gasteiger partial charge is 0.229 e. The van der Waals surface area contributed by atoms with Crippen LogP contribution in [0, 0.1) is 5.41 Å². The zero-order valence-corrected chi connectivity index (χ0v) is 12.6. The molecule has 2 saturated heterocycles. The summed E-state index contributed by atoms with van der Waals surface area (Å²) < 4.78 is 0. The largest absolute Gasteiger partial charge is 0.338 e. The third-order valence-electron chi connectivity index (χ3n) is 5.04. The van der Waals surface area contributed by atoms with Gasteiger partial charge in [0.1, 0.15) is 7.85 Å². The van der Waals surface area contributed by atoms with E-state index in [0.717, 1.165) is 45.4 Å². The summed E-state index contributed by atoms with van der Waals surface area (Å²) >= 11 is 0. The molecule has 2 heterocycles. The fourth-order valence-electron chi connectivity index (χ4n) is 3.47. The first kappa shape index (κ1) is 13.7. The number of benzene rings is 1. The Balaban J connectivity index is 1.68. The summed E-state index contributed by atoms with van der Waals surface area (Å²) in [4.78, 5) is 17.2. The lowest BCUT2D eigenvalue weighted by Crippen LogP contribution is -2.43. The van der Waals surface area contributed by atoms with Crippen molar-refractivity contribution in [3.63, 3.8) is 0 Å². The molecule has 1 aromatic rings. The molecule has 2 fully saturated rings. The highest BCUT2D eigenvalue weighted by atomic mass is 16.2. The highest BCUT2D eigenvalue weighted by Gasteiger charge is 2.47. The van der Waals surface area contributed by atoms with E-state index in [1.807, 2.05) is 0 Å². The third-order valence-corrected chi connectivity index (χ3v) is 5.04. The predicted octanol–water partition coefficient (Wildman–Crippen LogP) is 0.389. The Labute approximate surface area is 122 Å². The van der Waals surface area contributed by atoms with E-state index in [9.17, 15) is 4.79 Å². The molecular formula is C16H23BN2O. The van der Waals surface area contributed by atoms with Crippen molar-refractivity contribution in [1.29, 1.82) is 0 Å². The number of nitrogens with zero attached hydrogens (tertiary/aromatic N) is 2. The van der Waals surface area contributed by atoms with Crippen LogP contribution < -0.4 is 5.46 Å².